The lowest BCUT2D eigenvalue weighted by Crippen LogP contribution is -2.03. The molecule has 0 bridgehead atoms. The topological polar surface area (TPSA) is 27.7 Å². The van der Waals surface area contributed by atoms with E-state index in [4.69, 9.17) is 14.2 Å². The Bertz CT molecular complexity index is 911. The zero-order valence-electron chi connectivity index (χ0n) is 16.2. The maximum atomic E-state index is 5.92. The van der Waals surface area contributed by atoms with E-state index >= 15 is 0 Å². The largest absolute Gasteiger partial charge is 0.467 e. The summed E-state index contributed by atoms with van der Waals surface area (Å²) in [5.74, 6) is 0.805. The fourth-order valence-corrected chi connectivity index (χ4v) is 3.13. The molecule has 0 spiro atoms. The first kappa shape index (κ1) is 19.2. The minimum absolute atomic E-state index is 0.206. The van der Waals surface area contributed by atoms with Crippen LogP contribution in [-0.2, 0) is 9.47 Å². The third-order valence-corrected chi connectivity index (χ3v) is 4.46. The smallest absolute Gasteiger partial charge is 0.188 e. The molecule has 0 saturated carbocycles. The third-order valence-electron chi connectivity index (χ3n) is 4.46. The molecule has 3 heteroatoms. The summed E-state index contributed by atoms with van der Waals surface area (Å²) in [5.41, 5.74) is 4.54. The van der Waals surface area contributed by atoms with Crippen LogP contribution >= 0.6 is 0 Å². The predicted octanol–water partition coefficient (Wildman–Crippen LogP) is 5.60. The van der Waals surface area contributed by atoms with E-state index < -0.39 is 0 Å². The lowest BCUT2D eigenvalue weighted by Gasteiger charge is -2.17. The minimum Gasteiger partial charge on any atom is -0.467 e. The SMILES string of the molecule is CCOC/C=C(/c1ccc(C)cc1)c1c(OCOC)ccc2ccccc12. The first-order valence-electron chi connectivity index (χ1n) is 9.23. The summed E-state index contributed by atoms with van der Waals surface area (Å²) in [6, 6.07) is 21.0. The average molecular weight is 362 g/mol. The molecular weight excluding hydrogens is 336 g/mol. The Labute approximate surface area is 161 Å². The molecule has 27 heavy (non-hydrogen) atoms. The van der Waals surface area contributed by atoms with Gasteiger partial charge in [-0.25, -0.2) is 0 Å². The monoisotopic (exact) mass is 362 g/mol. The van der Waals surface area contributed by atoms with Gasteiger partial charge in [0.1, 0.15) is 5.75 Å². The van der Waals surface area contributed by atoms with Crippen molar-refractivity contribution in [2.75, 3.05) is 27.1 Å². The third kappa shape index (κ3) is 4.57. The minimum atomic E-state index is 0.206. The molecule has 3 nitrogen and oxygen atoms in total. The Morgan fingerprint density at radius 3 is 2.48 bits per heavy atom. The highest BCUT2D eigenvalue weighted by atomic mass is 16.7. The lowest BCUT2D eigenvalue weighted by atomic mass is 9.91. The van der Waals surface area contributed by atoms with Gasteiger partial charge in [0, 0.05) is 19.3 Å². The molecule has 0 radical (unpaired) electrons. The zero-order chi connectivity index (χ0) is 19.1. The van der Waals surface area contributed by atoms with Gasteiger partial charge in [-0.05, 0) is 41.8 Å². The lowest BCUT2D eigenvalue weighted by molar-refractivity contribution is 0.0510. The molecule has 0 aliphatic carbocycles. The van der Waals surface area contributed by atoms with Crippen LogP contribution in [0.25, 0.3) is 16.3 Å². The number of rotatable bonds is 8. The number of hydrogen-bond acceptors (Lipinski definition) is 3. The molecular formula is C24H26O3. The van der Waals surface area contributed by atoms with Crippen molar-refractivity contribution < 1.29 is 14.2 Å². The van der Waals surface area contributed by atoms with E-state index in [1.807, 2.05) is 13.0 Å². The molecule has 0 aliphatic heterocycles. The van der Waals surface area contributed by atoms with Crippen LogP contribution in [0.3, 0.4) is 0 Å². The molecule has 3 rings (SSSR count). The summed E-state index contributed by atoms with van der Waals surface area (Å²) in [5, 5.41) is 2.32. The Hall–Kier alpha value is -2.62. The van der Waals surface area contributed by atoms with E-state index in [9.17, 15) is 0 Å². The van der Waals surface area contributed by atoms with Gasteiger partial charge in [0.15, 0.2) is 6.79 Å². The standard InChI is InChI=1S/C24H26O3/c1-4-26-16-15-22(20-11-9-18(2)10-12-20)24-21-8-6-5-7-19(21)13-14-23(24)27-17-25-3/h5-15H,4,16-17H2,1-3H3/b22-15-. The van der Waals surface area contributed by atoms with E-state index in [2.05, 4.69) is 67.6 Å². The number of hydrogen-bond donors (Lipinski definition) is 0. The van der Waals surface area contributed by atoms with E-state index in [0.29, 0.717) is 13.2 Å². The van der Waals surface area contributed by atoms with Crippen LogP contribution in [0.4, 0.5) is 0 Å². The number of aryl methyl sites for hydroxylation is 1. The van der Waals surface area contributed by atoms with Gasteiger partial charge in [0.25, 0.3) is 0 Å². The zero-order valence-corrected chi connectivity index (χ0v) is 16.2. The molecule has 0 aromatic heterocycles. The fourth-order valence-electron chi connectivity index (χ4n) is 3.13. The van der Waals surface area contributed by atoms with Crippen molar-refractivity contribution in [1.29, 1.82) is 0 Å². The van der Waals surface area contributed by atoms with Gasteiger partial charge in [-0.1, -0.05) is 66.2 Å². The predicted molar refractivity (Wildman–Crippen MR) is 111 cm³/mol. The second-order valence-electron chi connectivity index (χ2n) is 6.35. The fraction of sp³-hybridized carbons (Fsp3) is 0.250. The van der Waals surface area contributed by atoms with E-state index in [0.717, 1.165) is 27.8 Å². The Kier molecular flexibility index (Phi) is 6.64. The van der Waals surface area contributed by atoms with E-state index in [-0.39, 0.29) is 6.79 Å². The summed E-state index contributed by atoms with van der Waals surface area (Å²) < 4.78 is 16.7. The van der Waals surface area contributed by atoms with Gasteiger partial charge < -0.3 is 14.2 Å². The highest BCUT2D eigenvalue weighted by Crippen LogP contribution is 2.37. The molecule has 140 valence electrons. The first-order valence-corrected chi connectivity index (χ1v) is 9.23. The van der Waals surface area contributed by atoms with E-state index in [1.165, 1.54) is 10.9 Å². The van der Waals surface area contributed by atoms with Gasteiger partial charge >= 0.3 is 0 Å². The van der Waals surface area contributed by atoms with Gasteiger partial charge in [-0.15, -0.1) is 0 Å². The Balaban J connectivity index is 2.21. The number of fused-ring (bicyclic) bond motifs is 1. The normalized spacial score (nSPS) is 11.7. The molecule has 3 aromatic rings. The number of methoxy groups -OCH3 is 1. The van der Waals surface area contributed by atoms with Crippen molar-refractivity contribution in [3.05, 3.63) is 83.4 Å². The molecule has 0 atom stereocenters. The van der Waals surface area contributed by atoms with Gasteiger partial charge in [0.2, 0.25) is 0 Å². The summed E-state index contributed by atoms with van der Waals surface area (Å²) in [7, 11) is 1.63. The van der Waals surface area contributed by atoms with Crippen LogP contribution in [0.15, 0.2) is 66.7 Å². The molecule has 0 amide bonds. The average Bonchev–Trinajstić information content (AvgIpc) is 2.70. The van der Waals surface area contributed by atoms with Crippen molar-refractivity contribution in [3.63, 3.8) is 0 Å². The Morgan fingerprint density at radius 2 is 1.74 bits per heavy atom. The van der Waals surface area contributed by atoms with Crippen LogP contribution in [0, 0.1) is 6.92 Å². The van der Waals surface area contributed by atoms with Crippen LogP contribution in [0.2, 0.25) is 0 Å². The summed E-state index contributed by atoms with van der Waals surface area (Å²) >= 11 is 0. The highest BCUT2D eigenvalue weighted by molar-refractivity contribution is 6.00. The van der Waals surface area contributed by atoms with E-state index in [1.54, 1.807) is 7.11 Å². The van der Waals surface area contributed by atoms with Gasteiger partial charge in [0.05, 0.1) is 6.61 Å². The number of ether oxygens (including phenoxy) is 3. The van der Waals surface area contributed by atoms with Crippen molar-refractivity contribution >= 4 is 16.3 Å². The van der Waals surface area contributed by atoms with Gasteiger partial charge in [-0.2, -0.15) is 0 Å². The maximum Gasteiger partial charge on any atom is 0.188 e. The first-order chi connectivity index (χ1) is 13.2. The molecule has 0 unspecified atom stereocenters. The van der Waals surface area contributed by atoms with Crippen molar-refractivity contribution in [2.24, 2.45) is 0 Å². The van der Waals surface area contributed by atoms with Gasteiger partial charge in [-0.3, -0.25) is 0 Å². The summed E-state index contributed by atoms with van der Waals surface area (Å²) in [6.45, 7) is 5.54. The molecule has 0 fully saturated rings. The van der Waals surface area contributed by atoms with Crippen LogP contribution < -0.4 is 4.74 Å². The molecule has 3 aromatic carbocycles. The second-order valence-corrected chi connectivity index (χ2v) is 6.35. The maximum absolute atomic E-state index is 5.92. The molecule has 0 aliphatic rings. The van der Waals surface area contributed by atoms with Crippen LogP contribution in [-0.4, -0.2) is 27.1 Å². The summed E-state index contributed by atoms with van der Waals surface area (Å²) in [6.07, 6.45) is 2.13. The van der Waals surface area contributed by atoms with Crippen molar-refractivity contribution in [3.8, 4) is 5.75 Å². The molecule has 0 saturated heterocycles. The van der Waals surface area contributed by atoms with Crippen LogP contribution in [0.5, 0.6) is 5.75 Å². The quantitative estimate of drug-likeness (QED) is 0.386. The van der Waals surface area contributed by atoms with Crippen molar-refractivity contribution in [1.82, 2.24) is 0 Å². The molecule has 0 heterocycles. The summed E-state index contributed by atoms with van der Waals surface area (Å²) in [4.78, 5) is 0. The molecule has 0 N–H and O–H groups in total. The number of benzene rings is 3. The second kappa shape index (κ2) is 9.36. The Morgan fingerprint density at radius 1 is 0.963 bits per heavy atom. The van der Waals surface area contributed by atoms with Crippen molar-refractivity contribution in [2.45, 2.75) is 13.8 Å². The highest BCUT2D eigenvalue weighted by Gasteiger charge is 2.15. The van der Waals surface area contributed by atoms with Crippen LogP contribution in [0.1, 0.15) is 23.6 Å².